The van der Waals surface area contributed by atoms with Gasteiger partial charge in [0.05, 0.1) is 24.0 Å². The predicted octanol–water partition coefficient (Wildman–Crippen LogP) is 4.98. The molecule has 166 valence electrons. The Balaban J connectivity index is 0.00000119. The van der Waals surface area contributed by atoms with Gasteiger partial charge in [-0.3, -0.25) is 9.36 Å². The van der Waals surface area contributed by atoms with Crippen molar-refractivity contribution in [2.75, 3.05) is 32.2 Å². The molecule has 0 saturated carbocycles. The Bertz CT molecular complexity index is 1280. The van der Waals surface area contributed by atoms with E-state index in [9.17, 15) is 4.79 Å². The molecule has 0 spiro atoms. The zero-order valence-corrected chi connectivity index (χ0v) is 19.5. The summed E-state index contributed by atoms with van der Waals surface area (Å²) in [5.74, 6) is 0.773. The molecule has 1 aliphatic heterocycles. The number of hydrogen-bond donors (Lipinski definition) is 1. The first-order valence-electron chi connectivity index (χ1n) is 10.3. The molecule has 1 N–H and O–H groups in total. The Morgan fingerprint density at radius 3 is 2.47 bits per heavy atom. The van der Waals surface area contributed by atoms with Gasteiger partial charge in [-0.2, -0.15) is 0 Å². The summed E-state index contributed by atoms with van der Waals surface area (Å²) < 4.78 is 7.85. The highest BCUT2D eigenvalue weighted by Gasteiger charge is 2.18. The molecular formula is C24H24ClN3O3S. The number of thiophene rings is 1. The van der Waals surface area contributed by atoms with Gasteiger partial charge < -0.3 is 14.7 Å². The number of fused-ring (bicyclic) bond motifs is 1. The van der Waals surface area contributed by atoms with Crippen molar-refractivity contribution in [1.29, 1.82) is 0 Å². The van der Waals surface area contributed by atoms with E-state index in [4.69, 9.17) is 21.4 Å². The summed E-state index contributed by atoms with van der Waals surface area (Å²) in [5.41, 5.74) is 3.45. The monoisotopic (exact) mass is 469 g/mol. The summed E-state index contributed by atoms with van der Waals surface area (Å²) in [4.78, 5) is 21.1. The van der Waals surface area contributed by atoms with Crippen LogP contribution in [-0.4, -0.2) is 42.0 Å². The minimum absolute atomic E-state index is 0.0822. The summed E-state index contributed by atoms with van der Waals surface area (Å²) in [6.07, 6.45) is 3.98. The number of nitrogens with zero attached hydrogens (tertiary/aromatic N) is 3. The van der Waals surface area contributed by atoms with E-state index in [2.05, 4.69) is 9.88 Å². The molecule has 0 radical (unpaired) electrons. The number of aliphatic hydroxyl groups is 1. The van der Waals surface area contributed by atoms with Crippen molar-refractivity contribution in [2.45, 2.75) is 12.8 Å². The molecule has 6 nitrogen and oxygen atoms in total. The van der Waals surface area contributed by atoms with Gasteiger partial charge in [0.2, 0.25) is 0 Å². The summed E-state index contributed by atoms with van der Waals surface area (Å²) in [6.45, 7) is 2.07. The maximum absolute atomic E-state index is 13.2. The second-order valence-corrected chi connectivity index (χ2v) is 8.79. The van der Waals surface area contributed by atoms with E-state index in [-0.39, 0.29) is 5.56 Å². The number of benzene rings is 2. The van der Waals surface area contributed by atoms with Crippen LogP contribution < -0.4 is 15.2 Å². The van der Waals surface area contributed by atoms with Crippen molar-refractivity contribution in [1.82, 2.24) is 9.55 Å². The summed E-state index contributed by atoms with van der Waals surface area (Å²) in [5, 5.41) is 7.69. The molecule has 1 aliphatic rings. The molecule has 0 aliphatic carbocycles. The van der Waals surface area contributed by atoms with Gasteiger partial charge in [-0.05, 0) is 48.7 Å². The Hall–Kier alpha value is -2.87. The third-order valence-corrected chi connectivity index (χ3v) is 6.87. The third kappa shape index (κ3) is 4.24. The van der Waals surface area contributed by atoms with E-state index >= 15 is 0 Å². The standard InChI is InChI=1S/C23H20ClN3O2S.CH4O/c1-29-20-12-17(8-9-19(20)26-10-2-3-11-26)27-14-25-18-13-21(30-22(18)23(27)28)15-4-6-16(24)7-5-15;1-2/h4-9,12-14H,2-3,10-11H2,1H3;2H,1H3. The number of aromatic nitrogens is 2. The minimum atomic E-state index is -0.0822. The number of halogens is 1. The first-order valence-corrected chi connectivity index (χ1v) is 11.5. The Labute approximate surface area is 195 Å². The van der Waals surface area contributed by atoms with Crippen LogP contribution in [0.1, 0.15) is 12.8 Å². The average molecular weight is 470 g/mol. The summed E-state index contributed by atoms with van der Waals surface area (Å²) in [7, 11) is 2.67. The SMILES string of the molecule is CO.COc1cc(-n2cnc3cc(-c4ccc(Cl)cc4)sc3c2=O)ccc1N1CCCC1. The van der Waals surface area contributed by atoms with E-state index in [1.165, 1.54) is 24.2 Å². The molecule has 0 unspecified atom stereocenters. The number of methoxy groups -OCH3 is 1. The zero-order chi connectivity index (χ0) is 22.7. The van der Waals surface area contributed by atoms with Gasteiger partial charge in [0, 0.05) is 36.2 Å². The molecule has 0 atom stereocenters. The van der Waals surface area contributed by atoms with Crippen molar-refractivity contribution in [3.8, 4) is 21.9 Å². The highest BCUT2D eigenvalue weighted by molar-refractivity contribution is 7.22. The van der Waals surface area contributed by atoms with E-state index in [1.807, 2.05) is 48.5 Å². The molecule has 3 heterocycles. The number of rotatable bonds is 4. The molecule has 1 fully saturated rings. The lowest BCUT2D eigenvalue weighted by atomic mass is 10.2. The van der Waals surface area contributed by atoms with Crippen molar-refractivity contribution in [2.24, 2.45) is 0 Å². The Morgan fingerprint density at radius 1 is 1.06 bits per heavy atom. The molecule has 0 amide bonds. The molecule has 2 aromatic carbocycles. The van der Waals surface area contributed by atoms with Gasteiger partial charge in [0.25, 0.3) is 5.56 Å². The van der Waals surface area contributed by atoms with Crippen LogP contribution >= 0.6 is 22.9 Å². The average Bonchev–Trinajstić information content (AvgIpc) is 3.51. The normalized spacial score (nSPS) is 13.2. The first-order chi connectivity index (χ1) is 15.6. The fourth-order valence-electron chi connectivity index (χ4n) is 3.89. The topological polar surface area (TPSA) is 67.6 Å². The molecule has 5 rings (SSSR count). The lowest BCUT2D eigenvalue weighted by molar-refractivity contribution is 0.399. The van der Waals surface area contributed by atoms with Crippen LogP contribution in [0.15, 0.2) is 59.7 Å². The zero-order valence-electron chi connectivity index (χ0n) is 17.9. The van der Waals surface area contributed by atoms with Crippen LogP contribution in [0.3, 0.4) is 0 Å². The first kappa shape index (κ1) is 22.3. The maximum Gasteiger partial charge on any atom is 0.275 e. The fraction of sp³-hybridized carbons (Fsp3) is 0.250. The minimum Gasteiger partial charge on any atom is -0.495 e. The summed E-state index contributed by atoms with van der Waals surface area (Å²) in [6, 6.07) is 15.5. The van der Waals surface area contributed by atoms with Gasteiger partial charge >= 0.3 is 0 Å². The van der Waals surface area contributed by atoms with Gasteiger partial charge in [-0.15, -0.1) is 11.3 Å². The molecule has 32 heavy (non-hydrogen) atoms. The van der Waals surface area contributed by atoms with Crippen molar-refractivity contribution < 1.29 is 9.84 Å². The number of ether oxygens (including phenoxy) is 1. The van der Waals surface area contributed by atoms with Crippen molar-refractivity contribution in [3.05, 3.63) is 70.2 Å². The lowest BCUT2D eigenvalue weighted by Gasteiger charge is -2.21. The van der Waals surface area contributed by atoms with Crippen molar-refractivity contribution in [3.63, 3.8) is 0 Å². The number of aliphatic hydroxyl groups excluding tert-OH is 1. The van der Waals surface area contributed by atoms with Crippen LogP contribution in [-0.2, 0) is 0 Å². The number of anilines is 1. The highest BCUT2D eigenvalue weighted by atomic mass is 35.5. The fourth-order valence-corrected chi connectivity index (χ4v) is 5.06. The van der Waals surface area contributed by atoms with Gasteiger partial charge in [-0.25, -0.2) is 4.98 Å². The molecular weight excluding hydrogens is 446 g/mol. The van der Waals surface area contributed by atoms with Gasteiger partial charge in [0.15, 0.2) is 0 Å². The molecule has 1 saturated heterocycles. The summed E-state index contributed by atoms with van der Waals surface area (Å²) >= 11 is 7.44. The second-order valence-electron chi connectivity index (χ2n) is 7.30. The Kier molecular flexibility index (Phi) is 6.79. The van der Waals surface area contributed by atoms with Crippen LogP contribution in [0.2, 0.25) is 5.02 Å². The van der Waals surface area contributed by atoms with Crippen molar-refractivity contribution >= 4 is 38.8 Å². The lowest BCUT2D eigenvalue weighted by Crippen LogP contribution is -2.20. The van der Waals surface area contributed by atoms with E-state index < -0.39 is 0 Å². The largest absolute Gasteiger partial charge is 0.495 e. The maximum atomic E-state index is 13.2. The van der Waals surface area contributed by atoms with Crippen LogP contribution in [0.5, 0.6) is 5.75 Å². The second kappa shape index (κ2) is 9.73. The number of hydrogen-bond acceptors (Lipinski definition) is 6. The smallest absolute Gasteiger partial charge is 0.275 e. The van der Waals surface area contributed by atoms with E-state index in [1.54, 1.807) is 18.0 Å². The quantitative estimate of drug-likeness (QED) is 0.456. The molecule has 0 bridgehead atoms. The molecule has 4 aromatic rings. The van der Waals surface area contributed by atoms with Gasteiger partial charge in [-0.1, -0.05) is 23.7 Å². The van der Waals surface area contributed by atoms with Crippen LogP contribution in [0.4, 0.5) is 5.69 Å². The Morgan fingerprint density at radius 2 is 1.78 bits per heavy atom. The van der Waals surface area contributed by atoms with E-state index in [0.717, 1.165) is 47.8 Å². The van der Waals surface area contributed by atoms with Crippen LogP contribution in [0.25, 0.3) is 26.3 Å². The predicted molar refractivity (Wildman–Crippen MR) is 132 cm³/mol. The highest BCUT2D eigenvalue weighted by Crippen LogP contribution is 2.34. The van der Waals surface area contributed by atoms with Crippen LogP contribution in [0, 0.1) is 0 Å². The molecule has 2 aromatic heterocycles. The third-order valence-electron chi connectivity index (χ3n) is 5.45. The molecule has 8 heteroatoms. The van der Waals surface area contributed by atoms with E-state index in [0.29, 0.717) is 15.2 Å². The van der Waals surface area contributed by atoms with Gasteiger partial charge in [0.1, 0.15) is 16.8 Å².